The number of anilines is 1. The van der Waals surface area contributed by atoms with E-state index in [0.29, 0.717) is 23.1 Å². The molecule has 1 heterocycles. The minimum Gasteiger partial charge on any atom is -0.495 e. The van der Waals surface area contributed by atoms with Gasteiger partial charge < -0.3 is 19.5 Å². The molecule has 0 spiro atoms. The SMILES string of the molecule is COc1cccc(C)c1N(C)C(=O)c1cc(-c2cnc(C(F)(F)F)cc2C#N)c(Cl)cc1OCCC(=O)O. The van der Waals surface area contributed by atoms with Crippen molar-refractivity contribution in [3.05, 3.63) is 70.0 Å². The number of benzene rings is 2. The zero-order valence-electron chi connectivity index (χ0n) is 20.4. The third-order valence-corrected chi connectivity index (χ3v) is 5.85. The first-order chi connectivity index (χ1) is 17.9. The van der Waals surface area contributed by atoms with Gasteiger partial charge in [-0.25, -0.2) is 0 Å². The standard InChI is InChI=1S/C26H21ClF3N3O5/c1-14-5-4-6-20(37-3)24(14)33(2)25(36)17-10-16(19(27)11-21(17)38-8-7-23(34)35)18-13-32-22(26(28,29)30)9-15(18)12-31/h4-6,9-11,13H,7-8H2,1-3H3,(H,34,35). The number of aromatic nitrogens is 1. The Labute approximate surface area is 220 Å². The summed E-state index contributed by atoms with van der Waals surface area (Å²) in [7, 11) is 2.93. The smallest absolute Gasteiger partial charge is 0.433 e. The molecule has 3 aromatic rings. The zero-order chi connectivity index (χ0) is 28.2. The van der Waals surface area contributed by atoms with E-state index in [1.807, 2.05) is 0 Å². The van der Waals surface area contributed by atoms with E-state index in [1.165, 1.54) is 31.2 Å². The van der Waals surface area contributed by atoms with E-state index in [9.17, 15) is 28.0 Å². The first-order valence-electron chi connectivity index (χ1n) is 11.0. The van der Waals surface area contributed by atoms with Gasteiger partial charge in [0.15, 0.2) is 0 Å². The molecular weight excluding hydrogens is 527 g/mol. The lowest BCUT2D eigenvalue weighted by Crippen LogP contribution is -2.28. The molecule has 2 aromatic carbocycles. The number of para-hydroxylation sites is 1. The highest BCUT2D eigenvalue weighted by Crippen LogP contribution is 2.39. The number of carbonyl (C=O) groups excluding carboxylic acids is 1. The molecule has 0 unspecified atom stereocenters. The largest absolute Gasteiger partial charge is 0.495 e. The molecular formula is C26H21ClF3N3O5. The van der Waals surface area contributed by atoms with E-state index in [0.717, 1.165) is 6.20 Å². The van der Waals surface area contributed by atoms with Gasteiger partial charge in [-0.2, -0.15) is 18.4 Å². The zero-order valence-corrected chi connectivity index (χ0v) is 21.1. The Morgan fingerprint density at radius 1 is 1.18 bits per heavy atom. The number of halogens is 4. The molecule has 0 aliphatic heterocycles. The summed E-state index contributed by atoms with van der Waals surface area (Å²) >= 11 is 6.41. The van der Waals surface area contributed by atoms with E-state index >= 15 is 0 Å². The van der Waals surface area contributed by atoms with Crippen molar-refractivity contribution in [1.29, 1.82) is 5.26 Å². The van der Waals surface area contributed by atoms with Gasteiger partial charge in [0.05, 0.1) is 48.0 Å². The van der Waals surface area contributed by atoms with Crippen LogP contribution in [0.15, 0.2) is 42.6 Å². The second-order valence-electron chi connectivity index (χ2n) is 8.04. The highest BCUT2D eigenvalue weighted by molar-refractivity contribution is 6.34. The number of aliphatic carboxylic acids is 1. The predicted octanol–water partition coefficient (Wildman–Crippen LogP) is 5.74. The number of amides is 1. The molecule has 0 fully saturated rings. The van der Waals surface area contributed by atoms with Crippen LogP contribution in [0.4, 0.5) is 18.9 Å². The van der Waals surface area contributed by atoms with E-state index in [-0.39, 0.29) is 46.1 Å². The van der Waals surface area contributed by atoms with Gasteiger partial charge in [0, 0.05) is 30.4 Å². The average Bonchev–Trinajstić information content (AvgIpc) is 2.86. The highest BCUT2D eigenvalue weighted by atomic mass is 35.5. The molecule has 0 aliphatic rings. The summed E-state index contributed by atoms with van der Waals surface area (Å²) in [5.41, 5.74) is -0.516. The Kier molecular flexibility index (Phi) is 8.48. The fraction of sp³-hybridized carbons (Fsp3) is 0.231. The summed E-state index contributed by atoms with van der Waals surface area (Å²) in [6.07, 6.45) is -4.28. The van der Waals surface area contributed by atoms with Gasteiger partial charge in [-0.1, -0.05) is 23.7 Å². The summed E-state index contributed by atoms with van der Waals surface area (Å²) in [5, 5.41) is 18.4. The second kappa shape index (κ2) is 11.4. The lowest BCUT2D eigenvalue weighted by atomic mass is 9.98. The summed E-state index contributed by atoms with van der Waals surface area (Å²) in [6, 6.07) is 10.00. The Bertz CT molecular complexity index is 1440. The maximum absolute atomic E-state index is 13.7. The van der Waals surface area contributed by atoms with Gasteiger partial charge in [0.25, 0.3) is 5.91 Å². The molecule has 198 valence electrons. The lowest BCUT2D eigenvalue weighted by Gasteiger charge is -2.24. The monoisotopic (exact) mass is 547 g/mol. The molecule has 0 saturated heterocycles. The van der Waals surface area contributed by atoms with Gasteiger partial charge in [0.2, 0.25) is 0 Å². The Morgan fingerprint density at radius 2 is 1.89 bits per heavy atom. The van der Waals surface area contributed by atoms with Crippen molar-refractivity contribution in [2.45, 2.75) is 19.5 Å². The number of carbonyl (C=O) groups is 2. The predicted molar refractivity (Wildman–Crippen MR) is 133 cm³/mol. The number of carboxylic acids is 1. The summed E-state index contributed by atoms with van der Waals surface area (Å²) in [6.45, 7) is 1.49. The van der Waals surface area contributed by atoms with Crippen LogP contribution < -0.4 is 14.4 Å². The van der Waals surface area contributed by atoms with Crippen molar-refractivity contribution in [2.24, 2.45) is 0 Å². The number of aryl methyl sites for hydroxylation is 1. The molecule has 0 saturated carbocycles. The van der Waals surface area contributed by atoms with E-state index in [1.54, 1.807) is 31.2 Å². The van der Waals surface area contributed by atoms with Crippen molar-refractivity contribution >= 4 is 29.2 Å². The van der Waals surface area contributed by atoms with Gasteiger partial charge >= 0.3 is 12.1 Å². The van der Waals surface area contributed by atoms with Gasteiger partial charge in [-0.15, -0.1) is 0 Å². The quantitative estimate of drug-likeness (QED) is 0.382. The maximum Gasteiger partial charge on any atom is 0.433 e. The fourth-order valence-corrected chi connectivity index (χ4v) is 3.98. The molecule has 12 heteroatoms. The summed E-state index contributed by atoms with van der Waals surface area (Å²) < 4.78 is 50.4. The fourth-order valence-electron chi connectivity index (χ4n) is 3.72. The number of methoxy groups -OCH3 is 1. The molecule has 38 heavy (non-hydrogen) atoms. The van der Waals surface area contributed by atoms with Crippen molar-refractivity contribution < 1.29 is 37.3 Å². The number of hydrogen-bond donors (Lipinski definition) is 1. The van der Waals surface area contributed by atoms with Crippen LogP contribution >= 0.6 is 11.6 Å². The molecule has 0 atom stereocenters. The van der Waals surface area contributed by atoms with Crippen LogP contribution in [0.25, 0.3) is 11.1 Å². The van der Waals surface area contributed by atoms with Crippen LogP contribution in [0.2, 0.25) is 5.02 Å². The number of ether oxygens (including phenoxy) is 2. The molecule has 1 aromatic heterocycles. The number of nitrogens with zero attached hydrogens (tertiary/aromatic N) is 3. The van der Waals surface area contributed by atoms with Crippen LogP contribution in [0, 0.1) is 18.3 Å². The molecule has 0 bridgehead atoms. The number of rotatable bonds is 8. The lowest BCUT2D eigenvalue weighted by molar-refractivity contribution is -0.141. The number of carboxylic acid groups (broad SMARTS) is 1. The molecule has 1 N–H and O–H groups in total. The molecule has 3 rings (SSSR count). The van der Waals surface area contributed by atoms with Crippen molar-refractivity contribution in [1.82, 2.24) is 4.98 Å². The normalized spacial score (nSPS) is 11.0. The van der Waals surface area contributed by atoms with E-state index < -0.39 is 23.7 Å². The number of nitriles is 1. The number of pyridine rings is 1. The van der Waals surface area contributed by atoms with E-state index in [2.05, 4.69) is 4.98 Å². The minimum absolute atomic E-state index is 0.0345. The van der Waals surface area contributed by atoms with Gasteiger partial charge in [-0.05, 0) is 30.7 Å². The van der Waals surface area contributed by atoms with Crippen molar-refractivity contribution in [3.63, 3.8) is 0 Å². The third kappa shape index (κ3) is 5.98. The third-order valence-electron chi connectivity index (χ3n) is 5.54. The molecule has 1 amide bonds. The molecule has 0 radical (unpaired) electrons. The van der Waals surface area contributed by atoms with Crippen molar-refractivity contribution in [2.75, 3.05) is 25.7 Å². The number of hydrogen-bond acceptors (Lipinski definition) is 6. The van der Waals surface area contributed by atoms with Gasteiger partial charge in [0.1, 0.15) is 17.2 Å². The maximum atomic E-state index is 13.7. The number of alkyl halides is 3. The highest BCUT2D eigenvalue weighted by Gasteiger charge is 2.33. The topological polar surface area (TPSA) is 113 Å². The van der Waals surface area contributed by atoms with Crippen LogP contribution in [-0.2, 0) is 11.0 Å². The summed E-state index contributed by atoms with van der Waals surface area (Å²) in [5.74, 6) is -1.39. The minimum atomic E-state index is -4.77. The Morgan fingerprint density at radius 3 is 2.50 bits per heavy atom. The Hall–Kier alpha value is -4.30. The van der Waals surface area contributed by atoms with Crippen LogP contribution in [0.5, 0.6) is 11.5 Å². The van der Waals surface area contributed by atoms with E-state index in [4.69, 9.17) is 26.2 Å². The first kappa shape index (κ1) is 28.3. The second-order valence-corrected chi connectivity index (χ2v) is 8.44. The average molecular weight is 548 g/mol. The van der Waals surface area contributed by atoms with Crippen LogP contribution in [0.1, 0.15) is 33.6 Å². The molecule has 8 nitrogen and oxygen atoms in total. The molecule has 0 aliphatic carbocycles. The Balaban J connectivity index is 2.19. The first-order valence-corrected chi connectivity index (χ1v) is 11.3. The van der Waals surface area contributed by atoms with Gasteiger partial charge in [-0.3, -0.25) is 14.6 Å². The van der Waals surface area contributed by atoms with Crippen LogP contribution in [0.3, 0.4) is 0 Å². The van der Waals surface area contributed by atoms with Crippen molar-refractivity contribution in [3.8, 4) is 28.7 Å². The summed E-state index contributed by atoms with van der Waals surface area (Å²) in [4.78, 5) is 29.4. The van der Waals surface area contributed by atoms with Crippen LogP contribution in [-0.4, -0.2) is 42.7 Å².